The third kappa shape index (κ3) is 3.88. The van der Waals surface area contributed by atoms with Crippen LogP contribution in [0.4, 0.5) is 5.82 Å². The first-order chi connectivity index (χ1) is 6.76. The Kier molecular flexibility index (Phi) is 5.33. The lowest BCUT2D eigenvalue weighted by molar-refractivity contribution is 0.770. The van der Waals surface area contributed by atoms with Crippen molar-refractivity contribution >= 4 is 33.5 Å². The first-order valence-electron chi connectivity index (χ1n) is 4.63. The summed E-state index contributed by atoms with van der Waals surface area (Å²) in [4.78, 5) is 4.28. The summed E-state index contributed by atoms with van der Waals surface area (Å²) < 4.78 is 1.01. The van der Waals surface area contributed by atoms with Crippen LogP contribution in [0.5, 0.6) is 0 Å². The van der Waals surface area contributed by atoms with Gasteiger partial charge in [-0.05, 0) is 40.7 Å². The summed E-state index contributed by atoms with van der Waals surface area (Å²) in [6.45, 7) is 2.19. The number of nitrogens with zero attached hydrogens (tertiary/aromatic N) is 1. The van der Waals surface area contributed by atoms with Crippen LogP contribution in [0.1, 0.15) is 13.3 Å². The maximum Gasteiger partial charge on any atom is 0.126 e. The number of rotatable bonds is 5. The average Bonchev–Trinajstić information content (AvgIpc) is 2.20. The molecule has 1 heterocycles. The first-order valence-corrected chi connectivity index (χ1v) is 6.82. The monoisotopic (exact) mass is 274 g/mol. The number of anilines is 1. The van der Waals surface area contributed by atoms with Crippen LogP contribution >= 0.6 is 27.7 Å². The van der Waals surface area contributed by atoms with Gasteiger partial charge in [0.2, 0.25) is 0 Å². The Hall–Kier alpha value is -0.220. The molecule has 0 aliphatic heterocycles. The second-order valence-corrected chi connectivity index (χ2v) is 4.89. The lowest BCUT2D eigenvalue weighted by Crippen LogP contribution is -2.21. The van der Waals surface area contributed by atoms with Gasteiger partial charge in [0.05, 0.1) is 0 Å². The van der Waals surface area contributed by atoms with Crippen LogP contribution < -0.4 is 5.32 Å². The molecule has 1 N–H and O–H groups in total. The van der Waals surface area contributed by atoms with Gasteiger partial charge in [0.15, 0.2) is 0 Å². The number of thioether (sulfide) groups is 1. The molecule has 0 spiro atoms. The Morgan fingerprint density at radius 1 is 1.57 bits per heavy atom. The highest BCUT2D eigenvalue weighted by atomic mass is 79.9. The van der Waals surface area contributed by atoms with Crippen molar-refractivity contribution < 1.29 is 0 Å². The van der Waals surface area contributed by atoms with Gasteiger partial charge in [-0.2, -0.15) is 11.8 Å². The van der Waals surface area contributed by atoms with Gasteiger partial charge in [-0.25, -0.2) is 4.98 Å². The highest BCUT2D eigenvalue weighted by Gasteiger charge is 2.04. The predicted octanol–water partition coefficient (Wildman–Crippen LogP) is 3.40. The predicted molar refractivity (Wildman–Crippen MR) is 68.0 cm³/mol. The maximum atomic E-state index is 4.28. The number of pyridine rings is 1. The molecule has 0 fully saturated rings. The van der Waals surface area contributed by atoms with Crippen molar-refractivity contribution in [2.45, 2.75) is 19.4 Å². The van der Waals surface area contributed by atoms with Gasteiger partial charge in [0.25, 0.3) is 0 Å². The van der Waals surface area contributed by atoms with E-state index in [1.807, 2.05) is 30.1 Å². The molecule has 4 heteroatoms. The molecule has 0 radical (unpaired) electrons. The molecule has 78 valence electrons. The summed E-state index contributed by atoms with van der Waals surface area (Å²) in [5.41, 5.74) is 0. The third-order valence-corrected chi connectivity index (χ3v) is 3.14. The van der Waals surface area contributed by atoms with Crippen molar-refractivity contribution in [3.8, 4) is 0 Å². The van der Waals surface area contributed by atoms with E-state index >= 15 is 0 Å². The van der Waals surface area contributed by atoms with Crippen molar-refractivity contribution in [2.75, 3.05) is 17.3 Å². The Labute approximate surface area is 98.0 Å². The quantitative estimate of drug-likeness (QED) is 0.891. The molecule has 0 saturated heterocycles. The van der Waals surface area contributed by atoms with E-state index in [1.54, 1.807) is 0 Å². The average molecular weight is 275 g/mol. The Bertz CT molecular complexity index is 263. The van der Waals surface area contributed by atoms with Crippen molar-refractivity contribution in [3.05, 3.63) is 22.8 Å². The molecule has 1 aromatic heterocycles. The van der Waals surface area contributed by atoms with E-state index in [1.165, 1.54) is 0 Å². The highest BCUT2D eigenvalue weighted by Crippen LogP contribution is 2.13. The van der Waals surface area contributed by atoms with Gasteiger partial charge < -0.3 is 5.32 Å². The molecule has 0 amide bonds. The fraction of sp³-hybridized carbons (Fsp3) is 0.500. The lowest BCUT2D eigenvalue weighted by atomic mass is 10.2. The van der Waals surface area contributed by atoms with Crippen molar-refractivity contribution in [1.82, 2.24) is 4.98 Å². The van der Waals surface area contributed by atoms with Crippen LogP contribution in [0, 0.1) is 0 Å². The van der Waals surface area contributed by atoms with Crippen molar-refractivity contribution in [1.29, 1.82) is 0 Å². The summed E-state index contributed by atoms with van der Waals surface area (Å²) in [5, 5.41) is 3.40. The summed E-state index contributed by atoms with van der Waals surface area (Å²) in [5.74, 6) is 2.07. The lowest BCUT2D eigenvalue weighted by Gasteiger charge is -2.15. The first kappa shape index (κ1) is 11.9. The van der Waals surface area contributed by atoms with Gasteiger partial charge in [-0.3, -0.25) is 0 Å². The molecule has 2 nitrogen and oxygen atoms in total. The Morgan fingerprint density at radius 2 is 2.36 bits per heavy atom. The van der Waals surface area contributed by atoms with E-state index in [0.29, 0.717) is 6.04 Å². The second kappa shape index (κ2) is 6.30. The molecule has 0 aliphatic rings. The van der Waals surface area contributed by atoms with Crippen molar-refractivity contribution in [2.24, 2.45) is 0 Å². The van der Waals surface area contributed by atoms with Crippen LogP contribution in [-0.2, 0) is 0 Å². The van der Waals surface area contributed by atoms with Gasteiger partial charge in [0, 0.05) is 22.5 Å². The summed E-state index contributed by atoms with van der Waals surface area (Å²) in [6, 6.07) is 4.51. The molecule has 0 aromatic carbocycles. The maximum absolute atomic E-state index is 4.28. The van der Waals surface area contributed by atoms with Gasteiger partial charge in [-0.15, -0.1) is 0 Å². The number of nitrogens with one attached hydrogen (secondary N) is 1. The minimum absolute atomic E-state index is 0.513. The molecule has 14 heavy (non-hydrogen) atoms. The molecule has 0 saturated carbocycles. The van der Waals surface area contributed by atoms with Crippen LogP contribution in [-0.4, -0.2) is 23.0 Å². The zero-order valence-electron chi connectivity index (χ0n) is 8.46. The third-order valence-electron chi connectivity index (χ3n) is 1.94. The minimum atomic E-state index is 0.513. The molecule has 1 unspecified atom stereocenters. The molecule has 1 aromatic rings. The normalized spacial score (nSPS) is 12.5. The number of hydrogen-bond acceptors (Lipinski definition) is 3. The molecular weight excluding hydrogens is 260 g/mol. The molecule has 0 bridgehead atoms. The smallest absolute Gasteiger partial charge is 0.126 e. The van der Waals surface area contributed by atoms with E-state index in [4.69, 9.17) is 0 Å². The number of hydrogen-bond donors (Lipinski definition) is 1. The summed E-state index contributed by atoms with van der Waals surface area (Å²) >= 11 is 5.22. The Balaban J connectivity index is 2.53. The number of halogens is 1. The van der Waals surface area contributed by atoms with Crippen LogP contribution in [0.25, 0.3) is 0 Å². The second-order valence-electron chi connectivity index (χ2n) is 3.07. The zero-order valence-corrected chi connectivity index (χ0v) is 10.9. The summed E-state index contributed by atoms with van der Waals surface area (Å²) in [7, 11) is 0. The number of aromatic nitrogens is 1. The Morgan fingerprint density at radius 3 is 2.86 bits per heavy atom. The van der Waals surface area contributed by atoms with E-state index in [0.717, 1.165) is 22.5 Å². The highest BCUT2D eigenvalue weighted by molar-refractivity contribution is 9.10. The molecule has 0 aliphatic carbocycles. The molecular formula is C10H15BrN2S. The van der Waals surface area contributed by atoms with Crippen LogP contribution in [0.15, 0.2) is 22.8 Å². The van der Waals surface area contributed by atoms with Crippen molar-refractivity contribution in [3.63, 3.8) is 0 Å². The van der Waals surface area contributed by atoms with E-state index < -0.39 is 0 Å². The molecule has 1 atom stereocenters. The minimum Gasteiger partial charge on any atom is -0.367 e. The fourth-order valence-electron chi connectivity index (χ4n) is 1.13. The van der Waals surface area contributed by atoms with Gasteiger partial charge in [-0.1, -0.05) is 6.92 Å². The van der Waals surface area contributed by atoms with E-state index in [9.17, 15) is 0 Å². The van der Waals surface area contributed by atoms with Gasteiger partial charge in [0.1, 0.15) is 5.82 Å². The fourth-order valence-corrected chi connectivity index (χ4v) is 2.09. The topological polar surface area (TPSA) is 24.9 Å². The largest absolute Gasteiger partial charge is 0.367 e. The molecule has 1 rings (SSSR count). The van der Waals surface area contributed by atoms with Gasteiger partial charge >= 0.3 is 0 Å². The summed E-state index contributed by atoms with van der Waals surface area (Å²) in [6.07, 6.45) is 5.06. The van der Waals surface area contributed by atoms with Crippen LogP contribution in [0.2, 0.25) is 0 Å². The van der Waals surface area contributed by atoms with E-state index in [-0.39, 0.29) is 0 Å². The zero-order chi connectivity index (χ0) is 10.4. The SMILES string of the molecule is CCC(CSC)Nc1ccc(Br)cn1. The van der Waals surface area contributed by atoms with Crippen LogP contribution in [0.3, 0.4) is 0 Å². The van der Waals surface area contributed by atoms with E-state index in [2.05, 4.69) is 39.4 Å². The standard InChI is InChI=1S/C10H15BrN2S/c1-3-9(7-14-2)13-10-5-4-8(11)6-12-10/h4-6,9H,3,7H2,1-2H3,(H,12,13).